The molecule has 0 aliphatic carbocycles. The summed E-state index contributed by atoms with van der Waals surface area (Å²) in [6, 6.07) is 0. The summed E-state index contributed by atoms with van der Waals surface area (Å²) in [6.07, 6.45) is 1.47. The predicted molar refractivity (Wildman–Crippen MR) is 64.8 cm³/mol. The van der Waals surface area contributed by atoms with Gasteiger partial charge in [-0.2, -0.15) is 0 Å². The van der Waals surface area contributed by atoms with Crippen LogP contribution in [0.5, 0.6) is 0 Å². The highest BCUT2D eigenvalue weighted by molar-refractivity contribution is 7.92. The second kappa shape index (κ2) is 5.86. The Labute approximate surface area is 108 Å². The molecule has 0 radical (unpaired) electrons. The Kier molecular flexibility index (Phi) is 5.04. The van der Waals surface area contributed by atoms with Crippen molar-refractivity contribution in [1.29, 1.82) is 0 Å². The summed E-state index contributed by atoms with van der Waals surface area (Å²) in [4.78, 5) is 7.24. The topological polar surface area (TPSA) is 72.0 Å². The number of sulfonamides is 1. The number of nitrogens with one attached hydrogen (secondary N) is 1. The molecular weight excluding hydrogens is 297 g/mol. The zero-order valence-corrected chi connectivity index (χ0v) is 11.0. The van der Waals surface area contributed by atoms with Crippen LogP contribution in [0.15, 0.2) is 6.33 Å². The van der Waals surface area contributed by atoms with Gasteiger partial charge in [0.25, 0.3) is 0 Å². The van der Waals surface area contributed by atoms with Gasteiger partial charge in [0, 0.05) is 5.88 Å². The van der Waals surface area contributed by atoms with Crippen molar-refractivity contribution in [2.24, 2.45) is 0 Å². The molecule has 0 saturated heterocycles. The van der Waals surface area contributed by atoms with Gasteiger partial charge in [-0.1, -0.05) is 23.2 Å². The lowest BCUT2D eigenvalue weighted by Gasteiger charge is -2.08. The molecule has 0 atom stereocenters. The molecule has 1 aromatic rings. The Morgan fingerprint density at radius 2 is 1.81 bits per heavy atom. The maximum Gasteiger partial charge on any atom is 0.232 e. The number of alkyl halides is 1. The van der Waals surface area contributed by atoms with E-state index < -0.39 is 10.0 Å². The molecule has 0 amide bonds. The van der Waals surface area contributed by atoms with Crippen LogP contribution < -0.4 is 4.72 Å². The van der Waals surface area contributed by atoms with Gasteiger partial charge in [0.05, 0.1) is 5.75 Å². The maximum absolute atomic E-state index is 11.5. The van der Waals surface area contributed by atoms with Crippen molar-refractivity contribution in [2.45, 2.75) is 6.42 Å². The lowest BCUT2D eigenvalue weighted by molar-refractivity contribution is 0.600. The fraction of sp³-hybridized carbons (Fsp3) is 0.429. The van der Waals surface area contributed by atoms with Crippen molar-refractivity contribution in [3.8, 4) is 0 Å². The van der Waals surface area contributed by atoms with Gasteiger partial charge in [0.15, 0.2) is 10.3 Å². The van der Waals surface area contributed by atoms with E-state index >= 15 is 0 Å². The van der Waals surface area contributed by atoms with E-state index in [0.717, 1.165) is 6.33 Å². The Morgan fingerprint density at radius 1 is 1.25 bits per heavy atom. The first-order valence-corrected chi connectivity index (χ1v) is 7.13. The minimum atomic E-state index is -3.53. The van der Waals surface area contributed by atoms with Crippen molar-refractivity contribution in [3.05, 3.63) is 16.6 Å². The average molecular weight is 305 g/mol. The third kappa shape index (κ3) is 3.93. The summed E-state index contributed by atoms with van der Waals surface area (Å²) in [7, 11) is -3.53. The summed E-state index contributed by atoms with van der Waals surface area (Å²) in [5.74, 6) is 0.145. The lowest BCUT2D eigenvalue weighted by atomic mass is 10.6. The van der Waals surface area contributed by atoms with Crippen LogP contribution >= 0.6 is 34.8 Å². The van der Waals surface area contributed by atoms with E-state index in [-0.39, 0.29) is 27.6 Å². The normalized spacial score (nSPS) is 11.4. The van der Waals surface area contributed by atoms with Gasteiger partial charge in [-0.15, -0.1) is 11.6 Å². The van der Waals surface area contributed by atoms with E-state index in [9.17, 15) is 8.42 Å². The molecule has 5 nitrogen and oxygen atoms in total. The Morgan fingerprint density at radius 3 is 2.31 bits per heavy atom. The van der Waals surface area contributed by atoms with Crippen LogP contribution in [0.2, 0.25) is 10.3 Å². The summed E-state index contributed by atoms with van der Waals surface area (Å²) >= 11 is 16.8. The second-order valence-electron chi connectivity index (χ2n) is 2.79. The van der Waals surface area contributed by atoms with E-state index in [1.54, 1.807) is 0 Å². The minimum Gasteiger partial charge on any atom is -0.278 e. The number of nitrogens with zero attached hydrogens (tertiary/aromatic N) is 2. The standard InChI is InChI=1S/C7H8Cl3N3O2S/c8-2-1-3-16(14,15)13-5-6(9)11-4-12-7(5)10/h4,13H,1-3H2. The fourth-order valence-corrected chi connectivity index (χ4v) is 2.82. The summed E-state index contributed by atoms with van der Waals surface area (Å²) in [6.45, 7) is 0. The molecule has 1 aromatic heterocycles. The number of hydrogen-bond donors (Lipinski definition) is 1. The number of halogens is 3. The van der Waals surface area contributed by atoms with Gasteiger partial charge in [-0.3, -0.25) is 4.72 Å². The molecule has 0 aliphatic rings. The summed E-state index contributed by atoms with van der Waals surface area (Å²) < 4.78 is 25.3. The van der Waals surface area contributed by atoms with Crippen LogP contribution in [-0.2, 0) is 10.0 Å². The van der Waals surface area contributed by atoms with Gasteiger partial charge in [-0.05, 0) is 6.42 Å². The highest BCUT2D eigenvalue weighted by Gasteiger charge is 2.16. The third-order valence-electron chi connectivity index (χ3n) is 1.56. The lowest BCUT2D eigenvalue weighted by Crippen LogP contribution is -2.18. The van der Waals surface area contributed by atoms with Crippen molar-refractivity contribution in [1.82, 2.24) is 9.97 Å². The van der Waals surface area contributed by atoms with Gasteiger partial charge >= 0.3 is 0 Å². The highest BCUT2D eigenvalue weighted by atomic mass is 35.5. The number of hydrogen-bond acceptors (Lipinski definition) is 4. The van der Waals surface area contributed by atoms with Gasteiger partial charge in [-0.25, -0.2) is 18.4 Å². The first-order chi connectivity index (χ1) is 7.46. The fourth-order valence-electron chi connectivity index (χ4n) is 0.880. The zero-order chi connectivity index (χ0) is 12.2. The van der Waals surface area contributed by atoms with E-state index in [0.29, 0.717) is 6.42 Å². The van der Waals surface area contributed by atoms with Crippen molar-refractivity contribution in [3.63, 3.8) is 0 Å². The van der Waals surface area contributed by atoms with Crippen LogP contribution in [0.25, 0.3) is 0 Å². The molecule has 0 aromatic carbocycles. The molecule has 1 N–H and O–H groups in total. The molecule has 0 fully saturated rings. The van der Waals surface area contributed by atoms with E-state index in [1.807, 2.05) is 0 Å². The minimum absolute atomic E-state index is 0.0135. The van der Waals surface area contributed by atoms with Crippen LogP contribution in [0.4, 0.5) is 5.69 Å². The Balaban J connectivity index is 2.88. The van der Waals surface area contributed by atoms with E-state index in [4.69, 9.17) is 34.8 Å². The van der Waals surface area contributed by atoms with Crippen LogP contribution in [0, 0.1) is 0 Å². The van der Waals surface area contributed by atoms with Crippen LogP contribution in [-0.4, -0.2) is 30.0 Å². The van der Waals surface area contributed by atoms with Crippen molar-refractivity contribution >= 4 is 50.5 Å². The molecule has 0 unspecified atom stereocenters. The second-order valence-corrected chi connectivity index (χ2v) is 5.73. The molecule has 0 spiro atoms. The van der Waals surface area contributed by atoms with Gasteiger partial charge in [0.1, 0.15) is 12.0 Å². The van der Waals surface area contributed by atoms with Gasteiger partial charge < -0.3 is 0 Å². The predicted octanol–water partition coefficient (Wildman–Crippen LogP) is 2.15. The van der Waals surface area contributed by atoms with E-state index in [2.05, 4.69) is 14.7 Å². The quantitative estimate of drug-likeness (QED) is 0.668. The summed E-state index contributed by atoms with van der Waals surface area (Å²) in [5.41, 5.74) is -0.0135. The molecule has 90 valence electrons. The first kappa shape index (κ1) is 13.8. The summed E-state index contributed by atoms with van der Waals surface area (Å²) in [5, 5.41) is -0.0936. The SMILES string of the molecule is O=S(=O)(CCCCl)Nc1c(Cl)ncnc1Cl. The molecule has 1 rings (SSSR count). The zero-order valence-electron chi connectivity index (χ0n) is 7.95. The van der Waals surface area contributed by atoms with Crippen molar-refractivity contribution < 1.29 is 8.42 Å². The maximum atomic E-state index is 11.5. The molecule has 0 bridgehead atoms. The molecular formula is C7H8Cl3N3O2S. The monoisotopic (exact) mass is 303 g/mol. The van der Waals surface area contributed by atoms with Crippen LogP contribution in [0.3, 0.4) is 0 Å². The molecule has 1 heterocycles. The molecule has 9 heteroatoms. The van der Waals surface area contributed by atoms with Crippen molar-refractivity contribution in [2.75, 3.05) is 16.4 Å². The molecule has 0 saturated carbocycles. The smallest absolute Gasteiger partial charge is 0.232 e. The largest absolute Gasteiger partial charge is 0.278 e. The highest BCUT2D eigenvalue weighted by Crippen LogP contribution is 2.26. The number of anilines is 1. The van der Waals surface area contributed by atoms with Crippen LogP contribution in [0.1, 0.15) is 6.42 Å². The van der Waals surface area contributed by atoms with Gasteiger partial charge in [0.2, 0.25) is 10.0 Å². The number of rotatable bonds is 5. The first-order valence-electron chi connectivity index (χ1n) is 4.18. The number of aromatic nitrogens is 2. The van der Waals surface area contributed by atoms with E-state index in [1.165, 1.54) is 0 Å². The third-order valence-corrected chi connectivity index (χ3v) is 3.74. The molecule has 16 heavy (non-hydrogen) atoms. The Hall–Kier alpha value is -0.300. The average Bonchev–Trinajstić information content (AvgIpc) is 2.21. The molecule has 0 aliphatic heterocycles. The Bertz CT molecular complexity index is 446.